The minimum atomic E-state index is -0.832. The molecule has 1 aliphatic rings. The number of benzene rings is 3. The molecule has 34 heavy (non-hydrogen) atoms. The largest absolute Gasteiger partial charge is 0.373 e. The molecule has 3 aromatic carbocycles. The molecule has 1 aliphatic heterocycles. The van der Waals surface area contributed by atoms with Crippen molar-refractivity contribution in [3.63, 3.8) is 0 Å². The third-order valence-electron chi connectivity index (χ3n) is 6.53. The number of allylic oxidation sites excluding steroid dienone is 2. The Labute approximate surface area is 200 Å². The number of halogens is 3. The standard InChI is InChI=1S/C30H31F3O/c1-3-4-5-6-7-23-13-15-25(30(33)29(23)32)22-11-9-21(10-12-22)24-14-16-26(27(31)18-24)28-17-8-20(2)19-34-28/h4-5,9-16,18,20,28H,3,6-8,17,19H2,1-2H3/b5-4+. The first-order chi connectivity index (χ1) is 16.5. The van der Waals surface area contributed by atoms with Gasteiger partial charge in [-0.2, -0.15) is 0 Å². The van der Waals surface area contributed by atoms with E-state index in [2.05, 4.69) is 6.92 Å². The highest BCUT2D eigenvalue weighted by molar-refractivity contribution is 5.71. The van der Waals surface area contributed by atoms with Crippen LogP contribution in [0.4, 0.5) is 13.2 Å². The van der Waals surface area contributed by atoms with Crippen molar-refractivity contribution in [1.82, 2.24) is 0 Å². The maximum atomic E-state index is 14.9. The van der Waals surface area contributed by atoms with Crippen molar-refractivity contribution in [2.45, 2.75) is 52.1 Å². The lowest BCUT2D eigenvalue weighted by Crippen LogP contribution is -2.19. The fraction of sp³-hybridized carbons (Fsp3) is 0.333. The van der Waals surface area contributed by atoms with Gasteiger partial charge in [0.1, 0.15) is 5.82 Å². The van der Waals surface area contributed by atoms with Crippen molar-refractivity contribution < 1.29 is 17.9 Å². The third-order valence-corrected chi connectivity index (χ3v) is 6.53. The van der Waals surface area contributed by atoms with Crippen LogP contribution in [0.3, 0.4) is 0 Å². The predicted octanol–water partition coefficient (Wildman–Crippen LogP) is 8.82. The van der Waals surface area contributed by atoms with Crippen LogP contribution < -0.4 is 0 Å². The lowest BCUT2D eigenvalue weighted by Gasteiger charge is -2.27. The first-order valence-corrected chi connectivity index (χ1v) is 12.1. The topological polar surface area (TPSA) is 9.23 Å². The molecule has 0 spiro atoms. The average Bonchev–Trinajstić information content (AvgIpc) is 2.85. The van der Waals surface area contributed by atoms with Gasteiger partial charge in [-0.05, 0) is 66.3 Å². The SMILES string of the molecule is CC/C=C/CCc1ccc(-c2ccc(-c3ccc(C4CCC(C)CO4)c(F)c3)cc2)c(F)c1F. The smallest absolute Gasteiger partial charge is 0.166 e. The molecule has 1 fully saturated rings. The summed E-state index contributed by atoms with van der Waals surface area (Å²) < 4.78 is 50.1. The van der Waals surface area contributed by atoms with E-state index in [9.17, 15) is 13.2 Å². The Morgan fingerprint density at radius 3 is 2.26 bits per heavy atom. The van der Waals surface area contributed by atoms with Crippen LogP contribution in [0.2, 0.25) is 0 Å². The van der Waals surface area contributed by atoms with E-state index < -0.39 is 11.6 Å². The summed E-state index contributed by atoms with van der Waals surface area (Å²) in [5.74, 6) is -1.39. The van der Waals surface area contributed by atoms with Crippen molar-refractivity contribution in [2.75, 3.05) is 6.61 Å². The van der Waals surface area contributed by atoms with E-state index in [0.717, 1.165) is 30.4 Å². The Hall–Kier alpha value is -2.85. The van der Waals surface area contributed by atoms with E-state index in [1.165, 1.54) is 6.07 Å². The second-order valence-corrected chi connectivity index (χ2v) is 9.14. The summed E-state index contributed by atoms with van der Waals surface area (Å²) in [4.78, 5) is 0. The summed E-state index contributed by atoms with van der Waals surface area (Å²) in [5.41, 5.74) is 3.33. The lowest BCUT2D eigenvalue weighted by atomic mass is 9.93. The second-order valence-electron chi connectivity index (χ2n) is 9.14. The van der Waals surface area contributed by atoms with Gasteiger partial charge in [-0.3, -0.25) is 0 Å². The van der Waals surface area contributed by atoms with Crippen molar-refractivity contribution in [3.05, 3.63) is 95.3 Å². The monoisotopic (exact) mass is 464 g/mol. The summed E-state index contributed by atoms with van der Waals surface area (Å²) in [5, 5.41) is 0. The van der Waals surface area contributed by atoms with E-state index in [4.69, 9.17) is 4.74 Å². The van der Waals surface area contributed by atoms with E-state index in [-0.39, 0.29) is 17.5 Å². The molecule has 0 amide bonds. The summed E-state index contributed by atoms with van der Waals surface area (Å²) in [6, 6.07) is 15.6. The van der Waals surface area contributed by atoms with Crippen LogP contribution in [0, 0.1) is 23.4 Å². The molecule has 2 unspecified atom stereocenters. The normalized spacial score (nSPS) is 18.5. The van der Waals surface area contributed by atoms with Gasteiger partial charge in [0, 0.05) is 17.7 Å². The van der Waals surface area contributed by atoms with Crippen molar-refractivity contribution in [1.29, 1.82) is 0 Å². The number of rotatable bonds is 7. The summed E-state index contributed by atoms with van der Waals surface area (Å²) in [7, 11) is 0. The van der Waals surface area contributed by atoms with Crippen LogP contribution in [-0.2, 0) is 11.2 Å². The molecule has 2 atom stereocenters. The molecule has 4 heteroatoms. The Kier molecular flexibility index (Phi) is 7.89. The average molecular weight is 465 g/mol. The van der Waals surface area contributed by atoms with Crippen molar-refractivity contribution in [2.24, 2.45) is 5.92 Å². The van der Waals surface area contributed by atoms with Gasteiger partial charge in [-0.15, -0.1) is 0 Å². The molecule has 178 valence electrons. The van der Waals surface area contributed by atoms with Crippen molar-refractivity contribution >= 4 is 0 Å². The molecule has 3 aromatic rings. The van der Waals surface area contributed by atoms with Gasteiger partial charge in [-0.25, -0.2) is 13.2 Å². The molecule has 1 saturated heterocycles. The Bertz CT molecular complexity index is 1140. The zero-order valence-electron chi connectivity index (χ0n) is 19.8. The molecule has 0 radical (unpaired) electrons. The zero-order chi connectivity index (χ0) is 24.1. The van der Waals surface area contributed by atoms with Gasteiger partial charge in [0.15, 0.2) is 11.6 Å². The molecule has 0 bridgehead atoms. The molecule has 0 saturated carbocycles. The highest BCUT2D eigenvalue weighted by Gasteiger charge is 2.23. The van der Waals surface area contributed by atoms with Gasteiger partial charge in [-0.1, -0.05) is 74.5 Å². The summed E-state index contributed by atoms with van der Waals surface area (Å²) in [6.07, 6.45) is 7.73. The Balaban J connectivity index is 1.50. The first kappa shape index (κ1) is 24.3. The zero-order valence-corrected chi connectivity index (χ0v) is 19.8. The fourth-order valence-electron chi connectivity index (χ4n) is 4.47. The highest BCUT2D eigenvalue weighted by atomic mass is 19.2. The quantitative estimate of drug-likeness (QED) is 0.317. The number of ether oxygens (including phenoxy) is 1. The maximum Gasteiger partial charge on any atom is 0.166 e. The molecular formula is C30H31F3O. The Morgan fingerprint density at radius 2 is 1.59 bits per heavy atom. The molecule has 4 rings (SSSR count). The second kappa shape index (κ2) is 11.1. The third kappa shape index (κ3) is 5.44. The molecule has 0 aromatic heterocycles. The molecule has 0 N–H and O–H groups in total. The lowest BCUT2D eigenvalue weighted by molar-refractivity contribution is -0.0141. The van der Waals surface area contributed by atoms with Gasteiger partial charge >= 0.3 is 0 Å². The summed E-state index contributed by atoms with van der Waals surface area (Å²) >= 11 is 0. The number of hydrogen-bond acceptors (Lipinski definition) is 1. The van der Waals surface area contributed by atoms with Crippen molar-refractivity contribution in [3.8, 4) is 22.3 Å². The minimum absolute atomic E-state index is 0.198. The molecular weight excluding hydrogens is 433 g/mol. The fourth-order valence-corrected chi connectivity index (χ4v) is 4.47. The predicted molar refractivity (Wildman–Crippen MR) is 132 cm³/mol. The maximum absolute atomic E-state index is 14.9. The summed E-state index contributed by atoms with van der Waals surface area (Å²) in [6.45, 7) is 4.83. The van der Waals surface area contributed by atoms with Crippen LogP contribution in [-0.4, -0.2) is 6.61 Å². The number of aryl methyl sites for hydroxylation is 1. The molecule has 0 aliphatic carbocycles. The Morgan fingerprint density at radius 1 is 0.853 bits per heavy atom. The minimum Gasteiger partial charge on any atom is -0.373 e. The molecule has 1 heterocycles. The highest BCUT2D eigenvalue weighted by Crippen LogP contribution is 2.34. The van der Waals surface area contributed by atoms with E-state index in [1.807, 2.05) is 37.3 Å². The number of hydrogen-bond donors (Lipinski definition) is 0. The van der Waals surface area contributed by atoms with Crippen LogP contribution >= 0.6 is 0 Å². The van der Waals surface area contributed by atoms with Crippen LogP contribution in [0.25, 0.3) is 22.3 Å². The van der Waals surface area contributed by atoms with Crippen LogP contribution in [0.15, 0.2) is 66.7 Å². The van der Waals surface area contributed by atoms with E-state index in [1.54, 1.807) is 30.3 Å². The van der Waals surface area contributed by atoms with Crippen LogP contribution in [0.5, 0.6) is 0 Å². The first-order valence-electron chi connectivity index (χ1n) is 12.1. The van der Waals surface area contributed by atoms with Gasteiger partial charge in [0.05, 0.1) is 6.10 Å². The van der Waals surface area contributed by atoms with Gasteiger partial charge in [0.2, 0.25) is 0 Å². The molecule has 1 nitrogen and oxygen atoms in total. The van der Waals surface area contributed by atoms with E-state index >= 15 is 0 Å². The van der Waals surface area contributed by atoms with Gasteiger partial charge < -0.3 is 4.74 Å². The van der Waals surface area contributed by atoms with Crippen LogP contribution in [0.1, 0.15) is 56.8 Å². The van der Waals surface area contributed by atoms with E-state index in [0.29, 0.717) is 42.1 Å². The van der Waals surface area contributed by atoms with Gasteiger partial charge in [0.25, 0.3) is 0 Å².